The molecular weight excluding hydrogens is 253 g/mol. The van der Waals surface area contributed by atoms with Gasteiger partial charge in [-0.05, 0) is 36.6 Å². The lowest BCUT2D eigenvalue weighted by molar-refractivity contribution is -0.121. The van der Waals surface area contributed by atoms with Gasteiger partial charge in [0, 0.05) is 0 Å². The summed E-state index contributed by atoms with van der Waals surface area (Å²) in [5, 5.41) is 2.91. The molecule has 0 heterocycles. The summed E-state index contributed by atoms with van der Waals surface area (Å²) in [6.45, 7) is 3.94. The molecule has 1 amide bonds. The minimum atomic E-state index is -0.341. The Labute approximate surface area is 118 Å². The fourth-order valence-corrected chi connectivity index (χ4v) is 2.26. The van der Waals surface area contributed by atoms with Crippen LogP contribution in [0.4, 0.5) is 4.39 Å². The topological polar surface area (TPSA) is 29.1 Å². The number of hydrogen-bond donors (Lipinski definition) is 1. The largest absolute Gasteiger partial charge is 0.349 e. The molecular formula is C17H18FNO. The Morgan fingerprint density at radius 2 is 1.80 bits per heavy atom. The summed E-state index contributed by atoms with van der Waals surface area (Å²) in [5.41, 5.74) is 2.63. The van der Waals surface area contributed by atoms with Crippen LogP contribution in [0.1, 0.15) is 29.7 Å². The van der Waals surface area contributed by atoms with Crippen molar-refractivity contribution in [3.63, 3.8) is 0 Å². The minimum Gasteiger partial charge on any atom is -0.349 e. The number of carbonyl (C=O) groups is 1. The highest BCUT2D eigenvalue weighted by Crippen LogP contribution is 2.17. The van der Waals surface area contributed by atoms with Crippen molar-refractivity contribution in [1.29, 1.82) is 0 Å². The lowest BCUT2D eigenvalue weighted by atomic mass is 10.0. The molecule has 0 aliphatic heterocycles. The quantitative estimate of drug-likeness (QED) is 0.905. The monoisotopic (exact) mass is 271 g/mol. The van der Waals surface area contributed by atoms with Gasteiger partial charge in [-0.25, -0.2) is 4.39 Å². The molecule has 0 spiro atoms. The van der Waals surface area contributed by atoms with Gasteiger partial charge in [0.05, 0.1) is 12.5 Å². The molecule has 2 aromatic carbocycles. The number of benzene rings is 2. The number of hydrogen-bond acceptors (Lipinski definition) is 1. The van der Waals surface area contributed by atoms with Gasteiger partial charge in [-0.15, -0.1) is 0 Å². The van der Waals surface area contributed by atoms with Crippen LogP contribution in [-0.4, -0.2) is 5.91 Å². The molecule has 0 saturated heterocycles. The molecule has 0 aliphatic carbocycles. The van der Waals surface area contributed by atoms with Crippen molar-refractivity contribution in [1.82, 2.24) is 5.32 Å². The summed E-state index contributed by atoms with van der Waals surface area (Å²) in [6, 6.07) is 14.2. The summed E-state index contributed by atoms with van der Waals surface area (Å²) in [6.07, 6.45) is 0.0584. The summed E-state index contributed by atoms with van der Waals surface area (Å²) in [7, 11) is 0. The molecule has 0 aliphatic rings. The lowest BCUT2D eigenvalue weighted by Gasteiger charge is -2.16. The van der Waals surface area contributed by atoms with E-state index in [9.17, 15) is 9.18 Å². The fraction of sp³-hybridized carbons (Fsp3) is 0.235. The van der Waals surface area contributed by atoms with Crippen molar-refractivity contribution in [2.24, 2.45) is 0 Å². The maximum Gasteiger partial charge on any atom is 0.225 e. The van der Waals surface area contributed by atoms with Gasteiger partial charge in [-0.2, -0.15) is 0 Å². The molecule has 0 bridgehead atoms. The van der Waals surface area contributed by atoms with E-state index in [1.165, 1.54) is 6.07 Å². The molecule has 2 nitrogen and oxygen atoms in total. The van der Waals surface area contributed by atoms with Crippen LogP contribution in [0.5, 0.6) is 0 Å². The van der Waals surface area contributed by atoms with E-state index >= 15 is 0 Å². The number of nitrogens with one attached hydrogen (secondary N) is 1. The highest BCUT2D eigenvalue weighted by atomic mass is 19.1. The first-order valence-corrected chi connectivity index (χ1v) is 6.66. The maximum absolute atomic E-state index is 13.5. The zero-order valence-corrected chi connectivity index (χ0v) is 11.7. The number of amides is 1. The van der Waals surface area contributed by atoms with Crippen LogP contribution in [0, 0.1) is 12.7 Å². The van der Waals surface area contributed by atoms with Gasteiger partial charge < -0.3 is 5.32 Å². The Morgan fingerprint density at radius 1 is 1.15 bits per heavy atom. The third-order valence-corrected chi connectivity index (χ3v) is 3.34. The van der Waals surface area contributed by atoms with Crippen LogP contribution in [0.25, 0.3) is 0 Å². The van der Waals surface area contributed by atoms with Crippen LogP contribution >= 0.6 is 0 Å². The number of carbonyl (C=O) groups excluding carboxylic acids is 1. The van der Waals surface area contributed by atoms with Gasteiger partial charge in [0.15, 0.2) is 0 Å². The summed E-state index contributed by atoms with van der Waals surface area (Å²) in [4.78, 5) is 12.0. The van der Waals surface area contributed by atoms with Crippen molar-refractivity contribution in [2.75, 3.05) is 0 Å². The highest BCUT2D eigenvalue weighted by Gasteiger charge is 2.13. The first kappa shape index (κ1) is 14.3. The van der Waals surface area contributed by atoms with E-state index in [1.54, 1.807) is 18.2 Å². The first-order valence-electron chi connectivity index (χ1n) is 6.66. The van der Waals surface area contributed by atoms with E-state index in [1.807, 2.05) is 38.1 Å². The normalized spacial score (nSPS) is 11.9. The third kappa shape index (κ3) is 3.44. The van der Waals surface area contributed by atoms with Gasteiger partial charge in [0.1, 0.15) is 5.82 Å². The molecule has 3 heteroatoms. The van der Waals surface area contributed by atoms with E-state index in [2.05, 4.69) is 5.32 Å². The van der Waals surface area contributed by atoms with Crippen LogP contribution in [0.2, 0.25) is 0 Å². The molecule has 20 heavy (non-hydrogen) atoms. The Kier molecular flexibility index (Phi) is 4.51. The van der Waals surface area contributed by atoms with Crippen molar-refractivity contribution in [3.8, 4) is 0 Å². The van der Waals surface area contributed by atoms with E-state index < -0.39 is 0 Å². The van der Waals surface area contributed by atoms with E-state index in [0.717, 1.165) is 11.1 Å². The molecule has 0 saturated carbocycles. The summed E-state index contributed by atoms with van der Waals surface area (Å²) < 4.78 is 13.5. The molecule has 0 fully saturated rings. The molecule has 2 aromatic rings. The van der Waals surface area contributed by atoms with Crippen molar-refractivity contribution >= 4 is 5.91 Å². The predicted molar refractivity (Wildman–Crippen MR) is 77.8 cm³/mol. The second-order valence-corrected chi connectivity index (χ2v) is 4.91. The molecule has 1 atom stereocenters. The van der Waals surface area contributed by atoms with Crippen LogP contribution in [0.15, 0.2) is 48.5 Å². The van der Waals surface area contributed by atoms with E-state index in [4.69, 9.17) is 0 Å². The average molecular weight is 271 g/mol. The van der Waals surface area contributed by atoms with E-state index in [-0.39, 0.29) is 24.2 Å². The highest BCUT2D eigenvalue weighted by molar-refractivity contribution is 5.79. The van der Waals surface area contributed by atoms with Gasteiger partial charge in [0.2, 0.25) is 5.91 Å². The van der Waals surface area contributed by atoms with Crippen molar-refractivity contribution in [2.45, 2.75) is 26.3 Å². The Balaban J connectivity index is 2.02. The van der Waals surface area contributed by atoms with Gasteiger partial charge in [-0.3, -0.25) is 4.79 Å². The predicted octanol–water partition coefficient (Wildman–Crippen LogP) is 3.55. The fourth-order valence-electron chi connectivity index (χ4n) is 2.26. The lowest BCUT2D eigenvalue weighted by Crippen LogP contribution is -2.28. The second-order valence-electron chi connectivity index (χ2n) is 4.91. The third-order valence-electron chi connectivity index (χ3n) is 3.34. The minimum absolute atomic E-state index is 0.0584. The average Bonchev–Trinajstić information content (AvgIpc) is 2.41. The van der Waals surface area contributed by atoms with Crippen molar-refractivity contribution < 1.29 is 9.18 Å². The SMILES string of the molecule is Cc1ccccc1[C@@H](C)NC(=O)Cc1ccccc1F. The Hall–Kier alpha value is -2.16. The van der Waals surface area contributed by atoms with Crippen LogP contribution in [0.3, 0.4) is 0 Å². The van der Waals surface area contributed by atoms with Gasteiger partial charge in [-0.1, -0.05) is 42.5 Å². The molecule has 1 N–H and O–H groups in total. The molecule has 0 aromatic heterocycles. The zero-order chi connectivity index (χ0) is 14.5. The summed E-state index contributed by atoms with van der Waals surface area (Å²) in [5.74, 6) is -0.517. The number of halogens is 1. The molecule has 0 unspecified atom stereocenters. The first-order chi connectivity index (χ1) is 9.58. The van der Waals surface area contributed by atoms with Crippen molar-refractivity contribution in [3.05, 3.63) is 71.0 Å². The smallest absolute Gasteiger partial charge is 0.225 e. The Morgan fingerprint density at radius 3 is 2.50 bits per heavy atom. The van der Waals surface area contributed by atoms with Crippen LogP contribution in [-0.2, 0) is 11.2 Å². The molecule has 2 rings (SSSR count). The van der Waals surface area contributed by atoms with Crippen LogP contribution < -0.4 is 5.32 Å². The summed E-state index contributed by atoms with van der Waals surface area (Å²) >= 11 is 0. The number of aryl methyl sites for hydroxylation is 1. The van der Waals surface area contributed by atoms with Gasteiger partial charge in [0.25, 0.3) is 0 Å². The maximum atomic E-state index is 13.5. The Bertz CT molecular complexity index is 609. The van der Waals surface area contributed by atoms with E-state index in [0.29, 0.717) is 5.56 Å². The number of rotatable bonds is 4. The standard InChI is InChI=1S/C17H18FNO/c1-12-7-3-5-9-15(12)13(2)19-17(20)11-14-8-4-6-10-16(14)18/h3-10,13H,11H2,1-2H3,(H,19,20)/t13-/m1/s1. The van der Waals surface area contributed by atoms with Gasteiger partial charge >= 0.3 is 0 Å². The molecule has 0 radical (unpaired) electrons. The zero-order valence-electron chi connectivity index (χ0n) is 11.7. The molecule has 104 valence electrons. The second kappa shape index (κ2) is 6.33.